The lowest BCUT2D eigenvalue weighted by Gasteiger charge is -2.23. The molecular formula is C14H19NO2. The fourth-order valence-corrected chi connectivity index (χ4v) is 2.56. The Bertz CT molecular complexity index is 452. The van der Waals surface area contributed by atoms with Crippen molar-refractivity contribution in [3.63, 3.8) is 0 Å². The molecule has 0 amide bonds. The van der Waals surface area contributed by atoms with Crippen LogP contribution in [0.25, 0.3) is 0 Å². The number of carboxylic acids is 1. The van der Waals surface area contributed by atoms with E-state index in [4.69, 9.17) is 0 Å². The Morgan fingerprint density at radius 3 is 2.82 bits per heavy atom. The lowest BCUT2D eigenvalue weighted by Crippen LogP contribution is -2.16. The van der Waals surface area contributed by atoms with Gasteiger partial charge in [-0.3, -0.25) is 4.98 Å². The van der Waals surface area contributed by atoms with Crippen LogP contribution in [0, 0.1) is 0 Å². The summed E-state index contributed by atoms with van der Waals surface area (Å²) in [4.78, 5) is 15.9. The van der Waals surface area contributed by atoms with Crippen LogP contribution < -0.4 is 0 Å². The van der Waals surface area contributed by atoms with E-state index in [2.05, 4.69) is 11.9 Å². The molecule has 0 radical (unpaired) electrons. The molecule has 1 aromatic heterocycles. The van der Waals surface area contributed by atoms with Crippen molar-refractivity contribution in [3.05, 3.63) is 28.6 Å². The number of aromatic carboxylic acids is 1. The lowest BCUT2D eigenvalue weighted by atomic mass is 9.86. The monoisotopic (exact) mass is 233 g/mol. The SMILES string of the molecule is CC(C)c1nc2c(cc1C(=O)O)CCCC2C. The van der Waals surface area contributed by atoms with Crippen molar-refractivity contribution in [3.8, 4) is 0 Å². The van der Waals surface area contributed by atoms with Crippen LogP contribution in [0.5, 0.6) is 0 Å². The van der Waals surface area contributed by atoms with Gasteiger partial charge in [-0.05, 0) is 42.7 Å². The van der Waals surface area contributed by atoms with E-state index in [-0.39, 0.29) is 5.92 Å². The Labute approximate surface area is 102 Å². The third kappa shape index (κ3) is 2.19. The van der Waals surface area contributed by atoms with Gasteiger partial charge in [0.1, 0.15) is 0 Å². The maximum absolute atomic E-state index is 11.3. The second-order valence-corrected chi connectivity index (χ2v) is 5.22. The van der Waals surface area contributed by atoms with Crippen molar-refractivity contribution < 1.29 is 9.90 Å². The molecule has 1 atom stereocenters. The van der Waals surface area contributed by atoms with Crippen LogP contribution >= 0.6 is 0 Å². The Kier molecular flexibility index (Phi) is 3.18. The first kappa shape index (κ1) is 12.1. The van der Waals surface area contributed by atoms with Crippen LogP contribution in [0.15, 0.2) is 6.07 Å². The highest BCUT2D eigenvalue weighted by atomic mass is 16.4. The zero-order valence-electron chi connectivity index (χ0n) is 10.7. The fourth-order valence-electron chi connectivity index (χ4n) is 2.56. The van der Waals surface area contributed by atoms with Gasteiger partial charge in [-0.25, -0.2) is 4.79 Å². The van der Waals surface area contributed by atoms with E-state index in [9.17, 15) is 9.90 Å². The summed E-state index contributed by atoms with van der Waals surface area (Å²) in [6, 6.07) is 1.84. The van der Waals surface area contributed by atoms with E-state index in [1.165, 1.54) is 0 Å². The number of aryl methyl sites for hydroxylation is 1. The van der Waals surface area contributed by atoms with Crippen LogP contribution in [0.2, 0.25) is 0 Å². The van der Waals surface area contributed by atoms with Crippen LogP contribution in [0.1, 0.15) is 72.8 Å². The molecule has 0 saturated carbocycles. The van der Waals surface area contributed by atoms with E-state index >= 15 is 0 Å². The molecular weight excluding hydrogens is 214 g/mol. The zero-order chi connectivity index (χ0) is 12.6. The first-order valence-electron chi connectivity index (χ1n) is 6.27. The number of hydrogen-bond acceptors (Lipinski definition) is 2. The molecule has 0 aromatic carbocycles. The first-order chi connectivity index (χ1) is 8.00. The average Bonchev–Trinajstić information content (AvgIpc) is 2.27. The third-order valence-corrected chi connectivity index (χ3v) is 3.49. The highest BCUT2D eigenvalue weighted by molar-refractivity contribution is 5.89. The highest BCUT2D eigenvalue weighted by Gasteiger charge is 2.23. The van der Waals surface area contributed by atoms with Crippen molar-refractivity contribution >= 4 is 5.97 Å². The maximum atomic E-state index is 11.3. The Hall–Kier alpha value is -1.38. The smallest absolute Gasteiger partial charge is 0.337 e. The van der Waals surface area contributed by atoms with Gasteiger partial charge in [-0.1, -0.05) is 20.8 Å². The van der Waals surface area contributed by atoms with Gasteiger partial charge in [-0.15, -0.1) is 0 Å². The Morgan fingerprint density at radius 1 is 1.53 bits per heavy atom. The average molecular weight is 233 g/mol. The predicted molar refractivity (Wildman–Crippen MR) is 66.6 cm³/mol. The van der Waals surface area contributed by atoms with Gasteiger partial charge in [0, 0.05) is 5.69 Å². The van der Waals surface area contributed by atoms with Crippen molar-refractivity contribution in [2.75, 3.05) is 0 Å². The Balaban J connectivity index is 2.59. The van der Waals surface area contributed by atoms with E-state index in [1.54, 1.807) is 0 Å². The van der Waals surface area contributed by atoms with Crippen molar-refractivity contribution in [1.82, 2.24) is 4.98 Å². The fraction of sp³-hybridized carbons (Fsp3) is 0.571. The van der Waals surface area contributed by atoms with Gasteiger partial charge >= 0.3 is 5.97 Å². The van der Waals surface area contributed by atoms with Crippen molar-refractivity contribution in [2.24, 2.45) is 0 Å². The number of aromatic nitrogens is 1. The molecule has 17 heavy (non-hydrogen) atoms. The van der Waals surface area contributed by atoms with E-state index < -0.39 is 5.97 Å². The molecule has 0 fully saturated rings. The molecule has 2 rings (SSSR count). The summed E-state index contributed by atoms with van der Waals surface area (Å²) >= 11 is 0. The molecule has 1 aromatic rings. The number of nitrogens with zero attached hydrogens (tertiary/aromatic N) is 1. The van der Waals surface area contributed by atoms with Crippen LogP contribution in [0.3, 0.4) is 0 Å². The second-order valence-electron chi connectivity index (χ2n) is 5.22. The van der Waals surface area contributed by atoms with Gasteiger partial charge in [0.25, 0.3) is 0 Å². The van der Waals surface area contributed by atoms with E-state index in [1.807, 2.05) is 19.9 Å². The topological polar surface area (TPSA) is 50.2 Å². The molecule has 3 heteroatoms. The summed E-state index contributed by atoms with van der Waals surface area (Å²) in [5.41, 5.74) is 3.35. The minimum atomic E-state index is -0.859. The molecule has 92 valence electrons. The molecule has 0 spiro atoms. The molecule has 1 unspecified atom stereocenters. The maximum Gasteiger partial charge on any atom is 0.337 e. The largest absolute Gasteiger partial charge is 0.478 e. The quantitative estimate of drug-likeness (QED) is 0.852. The lowest BCUT2D eigenvalue weighted by molar-refractivity contribution is 0.0694. The predicted octanol–water partition coefficient (Wildman–Crippen LogP) is 3.34. The molecule has 0 bridgehead atoms. The molecule has 1 aliphatic carbocycles. The number of pyridine rings is 1. The van der Waals surface area contributed by atoms with Crippen LogP contribution in [-0.2, 0) is 6.42 Å². The standard InChI is InChI=1S/C14H19NO2/c1-8(2)12-11(14(16)17)7-10-6-4-5-9(3)13(10)15-12/h7-9H,4-6H2,1-3H3,(H,16,17). The number of carbonyl (C=O) groups is 1. The minimum absolute atomic E-state index is 0.153. The molecule has 0 saturated heterocycles. The zero-order valence-corrected chi connectivity index (χ0v) is 10.7. The summed E-state index contributed by atoms with van der Waals surface area (Å²) in [5, 5.41) is 9.24. The summed E-state index contributed by atoms with van der Waals surface area (Å²) in [6.07, 6.45) is 3.26. The van der Waals surface area contributed by atoms with Crippen LogP contribution in [0.4, 0.5) is 0 Å². The van der Waals surface area contributed by atoms with Gasteiger partial charge < -0.3 is 5.11 Å². The summed E-state index contributed by atoms with van der Waals surface area (Å²) in [5.74, 6) is -0.248. The number of hydrogen-bond donors (Lipinski definition) is 1. The summed E-state index contributed by atoms with van der Waals surface area (Å²) in [7, 11) is 0. The minimum Gasteiger partial charge on any atom is -0.478 e. The molecule has 0 aliphatic heterocycles. The van der Waals surface area contributed by atoms with Gasteiger partial charge in [0.2, 0.25) is 0 Å². The van der Waals surface area contributed by atoms with E-state index in [0.29, 0.717) is 11.5 Å². The van der Waals surface area contributed by atoms with Crippen molar-refractivity contribution in [2.45, 2.75) is 51.9 Å². The van der Waals surface area contributed by atoms with E-state index in [0.717, 1.165) is 36.2 Å². The first-order valence-corrected chi connectivity index (χ1v) is 6.27. The number of fused-ring (bicyclic) bond motifs is 1. The third-order valence-electron chi connectivity index (χ3n) is 3.49. The van der Waals surface area contributed by atoms with Crippen molar-refractivity contribution in [1.29, 1.82) is 0 Å². The number of rotatable bonds is 2. The molecule has 1 N–H and O–H groups in total. The summed E-state index contributed by atoms with van der Waals surface area (Å²) in [6.45, 7) is 6.17. The number of carboxylic acid groups (broad SMARTS) is 1. The van der Waals surface area contributed by atoms with Gasteiger partial charge in [-0.2, -0.15) is 0 Å². The highest BCUT2D eigenvalue weighted by Crippen LogP contribution is 2.32. The van der Waals surface area contributed by atoms with Gasteiger partial charge in [0.15, 0.2) is 0 Å². The normalized spacial score (nSPS) is 19.2. The second kappa shape index (κ2) is 4.47. The van der Waals surface area contributed by atoms with Crippen LogP contribution in [-0.4, -0.2) is 16.1 Å². The summed E-state index contributed by atoms with van der Waals surface area (Å²) < 4.78 is 0. The molecule has 3 nitrogen and oxygen atoms in total. The Morgan fingerprint density at radius 2 is 2.24 bits per heavy atom. The van der Waals surface area contributed by atoms with Gasteiger partial charge in [0.05, 0.1) is 11.3 Å². The molecule has 1 aliphatic rings. The molecule has 1 heterocycles.